The van der Waals surface area contributed by atoms with Crippen LogP contribution in [0.4, 0.5) is 0 Å². The van der Waals surface area contributed by atoms with Crippen molar-refractivity contribution >= 4 is 21.7 Å². The van der Waals surface area contributed by atoms with Gasteiger partial charge in [-0.1, -0.05) is 48.8 Å². The summed E-state index contributed by atoms with van der Waals surface area (Å²) in [6, 6.07) is 8.31. The SMILES string of the molecule is CC1C(=O)C(C)(C)C1c1ccc(Br)cc1. The second kappa shape index (κ2) is 3.44. The lowest BCUT2D eigenvalue weighted by atomic mass is 9.53. The van der Waals surface area contributed by atoms with E-state index in [-0.39, 0.29) is 11.3 Å². The fraction of sp³-hybridized carbons (Fsp3) is 0.462. The van der Waals surface area contributed by atoms with Crippen LogP contribution >= 0.6 is 15.9 Å². The summed E-state index contributed by atoms with van der Waals surface area (Å²) < 4.78 is 1.09. The predicted octanol–water partition coefficient (Wildman–Crippen LogP) is 3.78. The summed E-state index contributed by atoms with van der Waals surface area (Å²) in [7, 11) is 0. The third-order valence-corrected chi connectivity index (χ3v) is 4.08. The van der Waals surface area contributed by atoms with Crippen LogP contribution in [0.15, 0.2) is 28.7 Å². The predicted molar refractivity (Wildman–Crippen MR) is 64.8 cm³/mol. The van der Waals surface area contributed by atoms with Crippen LogP contribution in [0.5, 0.6) is 0 Å². The number of benzene rings is 1. The Labute approximate surface area is 99.0 Å². The van der Waals surface area contributed by atoms with Crippen LogP contribution in [-0.4, -0.2) is 5.78 Å². The van der Waals surface area contributed by atoms with Crippen molar-refractivity contribution in [1.29, 1.82) is 0 Å². The molecule has 0 bridgehead atoms. The van der Waals surface area contributed by atoms with Gasteiger partial charge in [-0.2, -0.15) is 0 Å². The zero-order chi connectivity index (χ0) is 11.2. The summed E-state index contributed by atoms with van der Waals surface area (Å²) in [5.74, 6) is 0.926. The zero-order valence-corrected chi connectivity index (χ0v) is 10.8. The minimum Gasteiger partial charge on any atom is -0.299 e. The zero-order valence-electron chi connectivity index (χ0n) is 9.25. The minimum atomic E-state index is -0.187. The molecule has 0 N–H and O–H groups in total. The van der Waals surface area contributed by atoms with Gasteiger partial charge in [0.1, 0.15) is 5.78 Å². The summed E-state index contributed by atoms with van der Waals surface area (Å²) >= 11 is 3.42. The van der Waals surface area contributed by atoms with Crippen molar-refractivity contribution in [3.05, 3.63) is 34.3 Å². The smallest absolute Gasteiger partial charge is 0.142 e. The molecule has 0 aliphatic heterocycles. The van der Waals surface area contributed by atoms with Gasteiger partial charge in [0, 0.05) is 21.7 Å². The number of carbonyl (C=O) groups excluding carboxylic acids is 1. The molecule has 1 aliphatic carbocycles. The van der Waals surface area contributed by atoms with Crippen molar-refractivity contribution in [1.82, 2.24) is 0 Å². The maximum Gasteiger partial charge on any atom is 0.142 e. The van der Waals surface area contributed by atoms with E-state index >= 15 is 0 Å². The first-order chi connectivity index (χ1) is 6.94. The number of hydrogen-bond acceptors (Lipinski definition) is 1. The van der Waals surface area contributed by atoms with E-state index in [0.29, 0.717) is 11.7 Å². The summed E-state index contributed by atoms with van der Waals surface area (Å²) in [6.07, 6.45) is 0. The number of carbonyl (C=O) groups is 1. The molecule has 0 radical (unpaired) electrons. The van der Waals surface area contributed by atoms with Gasteiger partial charge in [-0.25, -0.2) is 0 Å². The van der Waals surface area contributed by atoms with Crippen LogP contribution < -0.4 is 0 Å². The monoisotopic (exact) mass is 266 g/mol. The first-order valence-corrected chi connectivity index (χ1v) is 6.03. The molecule has 1 saturated carbocycles. The lowest BCUT2D eigenvalue weighted by molar-refractivity contribution is -0.145. The quantitative estimate of drug-likeness (QED) is 0.756. The van der Waals surface area contributed by atoms with Gasteiger partial charge in [0.15, 0.2) is 0 Å². The van der Waals surface area contributed by atoms with Gasteiger partial charge in [0.2, 0.25) is 0 Å². The van der Waals surface area contributed by atoms with Crippen LogP contribution in [0, 0.1) is 11.3 Å². The number of halogens is 1. The summed E-state index contributed by atoms with van der Waals surface area (Å²) in [4.78, 5) is 11.7. The van der Waals surface area contributed by atoms with E-state index in [0.717, 1.165) is 4.47 Å². The molecule has 1 aromatic carbocycles. The normalized spacial score (nSPS) is 28.7. The van der Waals surface area contributed by atoms with E-state index in [1.807, 2.05) is 32.9 Å². The maximum absolute atomic E-state index is 11.7. The van der Waals surface area contributed by atoms with Crippen molar-refractivity contribution in [2.24, 2.45) is 11.3 Å². The van der Waals surface area contributed by atoms with E-state index in [2.05, 4.69) is 28.1 Å². The Bertz CT molecular complexity index is 392. The molecule has 1 aromatic rings. The highest BCUT2D eigenvalue weighted by Crippen LogP contribution is 2.53. The topological polar surface area (TPSA) is 17.1 Å². The third kappa shape index (κ3) is 1.55. The Morgan fingerprint density at radius 1 is 1.20 bits per heavy atom. The molecule has 0 spiro atoms. The van der Waals surface area contributed by atoms with E-state index in [4.69, 9.17) is 0 Å². The Kier molecular flexibility index (Phi) is 2.50. The third-order valence-electron chi connectivity index (χ3n) is 3.56. The molecule has 1 fully saturated rings. The van der Waals surface area contributed by atoms with Crippen molar-refractivity contribution < 1.29 is 4.79 Å². The summed E-state index contributed by atoms with van der Waals surface area (Å²) in [5.41, 5.74) is 1.09. The highest BCUT2D eigenvalue weighted by atomic mass is 79.9. The lowest BCUT2D eigenvalue weighted by Gasteiger charge is -2.48. The highest BCUT2D eigenvalue weighted by Gasteiger charge is 2.53. The van der Waals surface area contributed by atoms with E-state index < -0.39 is 0 Å². The number of hydrogen-bond donors (Lipinski definition) is 0. The standard InChI is InChI=1S/C13H15BrO/c1-8-11(13(2,3)12(8)15)9-4-6-10(14)7-5-9/h4-8,11H,1-3H3. The van der Waals surface area contributed by atoms with Crippen molar-refractivity contribution in [2.45, 2.75) is 26.7 Å². The van der Waals surface area contributed by atoms with Gasteiger partial charge in [-0.3, -0.25) is 4.79 Å². The Balaban J connectivity index is 2.33. The van der Waals surface area contributed by atoms with Gasteiger partial charge in [-0.15, -0.1) is 0 Å². The van der Waals surface area contributed by atoms with Crippen LogP contribution in [0.3, 0.4) is 0 Å². The van der Waals surface area contributed by atoms with E-state index in [9.17, 15) is 4.79 Å². The molecule has 15 heavy (non-hydrogen) atoms. The molecule has 1 nitrogen and oxygen atoms in total. The van der Waals surface area contributed by atoms with Crippen LogP contribution in [0.1, 0.15) is 32.3 Å². The number of Topliss-reactive ketones (excluding diaryl/α,β-unsaturated/α-hetero) is 1. The van der Waals surface area contributed by atoms with E-state index in [1.54, 1.807) is 0 Å². The van der Waals surface area contributed by atoms with Crippen LogP contribution in [-0.2, 0) is 4.79 Å². The van der Waals surface area contributed by atoms with Gasteiger partial charge in [0.25, 0.3) is 0 Å². The molecule has 80 valence electrons. The second-order valence-electron chi connectivity index (χ2n) is 4.90. The molecule has 2 rings (SSSR count). The fourth-order valence-electron chi connectivity index (χ4n) is 2.80. The molecule has 0 amide bonds. The molecule has 0 aromatic heterocycles. The Morgan fingerprint density at radius 2 is 1.73 bits per heavy atom. The molecule has 2 heteroatoms. The van der Waals surface area contributed by atoms with Crippen LogP contribution in [0.25, 0.3) is 0 Å². The number of ketones is 1. The molecule has 0 saturated heterocycles. The fourth-order valence-corrected chi connectivity index (χ4v) is 3.06. The van der Waals surface area contributed by atoms with Crippen LogP contribution in [0.2, 0.25) is 0 Å². The molecular weight excluding hydrogens is 252 g/mol. The molecule has 2 unspecified atom stereocenters. The summed E-state index contributed by atoms with van der Waals surface area (Å²) in [6.45, 7) is 6.12. The van der Waals surface area contributed by atoms with Crippen molar-refractivity contribution in [3.63, 3.8) is 0 Å². The second-order valence-corrected chi connectivity index (χ2v) is 5.82. The van der Waals surface area contributed by atoms with Crippen molar-refractivity contribution in [3.8, 4) is 0 Å². The molecule has 1 aliphatic rings. The molecular formula is C13H15BrO. The summed E-state index contributed by atoms with van der Waals surface area (Å²) in [5, 5.41) is 0. The first-order valence-electron chi connectivity index (χ1n) is 5.24. The largest absolute Gasteiger partial charge is 0.299 e. The van der Waals surface area contributed by atoms with Gasteiger partial charge >= 0.3 is 0 Å². The van der Waals surface area contributed by atoms with Gasteiger partial charge in [-0.05, 0) is 17.7 Å². The lowest BCUT2D eigenvalue weighted by Crippen LogP contribution is -2.51. The van der Waals surface area contributed by atoms with Crippen molar-refractivity contribution in [2.75, 3.05) is 0 Å². The highest BCUT2D eigenvalue weighted by molar-refractivity contribution is 9.10. The average molecular weight is 267 g/mol. The van der Waals surface area contributed by atoms with Gasteiger partial charge in [0.05, 0.1) is 0 Å². The first kappa shape index (κ1) is 10.9. The minimum absolute atomic E-state index is 0.168. The molecule has 0 heterocycles. The Morgan fingerprint density at radius 3 is 2.20 bits per heavy atom. The molecule has 2 atom stereocenters. The average Bonchev–Trinajstić information content (AvgIpc) is 2.20. The number of rotatable bonds is 1. The van der Waals surface area contributed by atoms with Gasteiger partial charge < -0.3 is 0 Å². The maximum atomic E-state index is 11.7. The van der Waals surface area contributed by atoms with E-state index in [1.165, 1.54) is 5.56 Å². The Hall–Kier alpha value is -0.630.